The third kappa shape index (κ3) is 3.99. The van der Waals surface area contributed by atoms with Gasteiger partial charge in [0.05, 0.1) is 6.04 Å². The fourth-order valence-corrected chi connectivity index (χ4v) is 2.53. The van der Waals surface area contributed by atoms with Crippen LogP contribution < -0.4 is 0 Å². The average Bonchev–Trinajstić information content (AvgIpc) is 2.48. The van der Waals surface area contributed by atoms with Crippen LogP contribution in [-0.2, 0) is 6.54 Å². The van der Waals surface area contributed by atoms with Gasteiger partial charge in [-0.1, -0.05) is 49.4 Å². The van der Waals surface area contributed by atoms with Crippen molar-refractivity contribution >= 4 is 5.78 Å². The quantitative estimate of drug-likeness (QED) is 0.750. The van der Waals surface area contributed by atoms with Crippen molar-refractivity contribution in [2.24, 2.45) is 0 Å². The van der Waals surface area contributed by atoms with Crippen molar-refractivity contribution in [3.05, 3.63) is 71.5 Å². The number of carbonyl (C=O) groups excluding carboxylic acids is 1. The molecular formula is C18H20FNO. The highest BCUT2D eigenvalue weighted by molar-refractivity contribution is 6.00. The molecule has 3 heteroatoms. The number of rotatable bonds is 6. The maximum Gasteiger partial charge on any atom is 0.179 e. The van der Waals surface area contributed by atoms with E-state index in [1.807, 2.05) is 55.3 Å². The Balaban J connectivity index is 2.11. The van der Waals surface area contributed by atoms with Crippen LogP contribution in [0, 0.1) is 5.82 Å². The molecule has 2 aromatic carbocycles. The minimum atomic E-state index is -0.247. The Morgan fingerprint density at radius 3 is 2.48 bits per heavy atom. The first-order chi connectivity index (χ1) is 10.1. The normalized spacial score (nSPS) is 12.4. The molecule has 0 aliphatic rings. The van der Waals surface area contributed by atoms with E-state index >= 15 is 0 Å². The number of carbonyl (C=O) groups is 1. The molecule has 1 unspecified atom stereocenters. The van der Waals surface area contributed by atoms with Gasteiger partial charge in [-0.25, -0.2) is 4.39 Å². The number of nitrogens with zero attached hydrogens (tertiary/aromatic N) is 1. The van der Waals surface area contributed by atoms with Crippen molar-refractivity contribution in [2.45, 2.75) is 25.9 Å². The van der Waals surface area contributed by atoms with Gasteiger partial charge >= 0.3 is 0 Å². The summed E-state index contributed by atoms with van der Waals surface area (Å²) in [5.41, 5.74) is 1.59. The lowest BCUT2D eigenvalue weighted by molar-refractivity contribution is 0.0838. The second kappa shape index (κ2) is 7.14. The van der Waals surface area contributed by atoms with Gasteiger partial charge in [-0.2, -0.15) is 0 Å². The molecule has 0 spiro atoms. The van der Waals surface area contributed by atoms with Crippen molar-refractivity contribution in [3.63, 3.8) is 0 Å². The van der Waals surface area contributed by atoms with E-state index in [9.17, 15) is 9.18 Å². The van der Waals surface area contributed by atoms with Crippen LogP contribution >= 0.6 is 0 Å². The van der Waals surface area contributed by atoms with Crippen LogP contribution in [0.15, 0.2) is 54.6 Å². The van der Waals surface area contributed by atoms with Crippen LogP contribution in [0.1, 0.15) is 29.3 Å². The second-order valence-electron chi connectivity index (χ2n) is 5.20. The van der Waals surface area contributed by atoms with Crippen molar-refractivity contribution in [3.8, 4) is 0 Å². The highest BCUT2D eigenvalue weighted by Gasteiger charge is 2.22. The van der Waals surface area contributed by atoms with Gasteiger partial charge in [-0.15, -0.1) is 0 Å². The van der Waals surface area contributed by atoms with E-state index in [0.717, 1.165) is 17.5 Å². The first-order valence-electron chi connectivity index (χ1n) is 7.15. The number of benzene rings is 2. The Hall–Kier alpha value is -2.00. The molecule has 0 heterocycles. The van der Waals surface area contributed by atoms with Crippen molar-refractivity contribution in [1.29, 1.82) is 0 Å². The van der Waals surface area contributed by atoms with Gasteiger partial charge in [0.15, 0.2) is 5.78 Å². The molecule has 0 bridgehead atoms. The zero-order valence-electron chi connectivity index (χ0n) is 12.4. The molecule has 2 rings (SSSR count). The molecule has 0 fully saturated rings. The smallest absolute Gasteiger partial charge is 0.179 e. The molecule has 21 heavy (non-hydrogen) atoms. The van der Waals surface area contributed by atoms with Crippen LogP contribution in [0.25, 0.3) is 0 Å². The van der Waals surface area contributed by atoms with E-state index < -0.39 is 0 Å². The van der Waals surface area contributed by atoms with Gasteiger partial charge in [0, 0.05) is 12.1 Å². The molecule has 2 nitrogen and oxygen atoms in total. The maximum absolute atomic E-state index is 13.2. The lowest BCUT2D eigenvalue weighted by Gasteiger charge is -2.26. The Labute approximate surface area is 125 Å². The molecule has 0 amide bonds. The molecule has 2 aromatic rings. The monoisotopic (exact) mass is 285 g/mol. The Kier molecular flexibility index (Phi) is 5.23. The van der Waals surface area contributed by atoms with Crippen LogP contribution in [0.4, 0.5) is 4.39 Å². The number of ketones is 1. The summed E-state index contributed by atoms with van der Waals surface area (Å²) in [4.78, 5) is 14.5. The number of likely N-dealkylation sites (N-methyl/N-ethyl adjacent to an activating group) is 1. The fourth-order valence-electron chi connectivity index (χ4n) is 2.53. The molecule has 1 atom stereocenters. The minimum absolute atomic E-state index is 0.108. The molecular weight excluding hydrogens is 265 g/mol. The standard InChI is InChI=1S/C18H20FNO/c1-3-17(18(21)15-9-5-4-6-10-15)20(2)13-14-8-7-11-16(19)12-14/h4-12,17H,3,13H2,1-2H3. The van der Waals surface area contributed by atoms with Crippen LogP contribution in [0.5, 0.6) is 0 Å². The molecule has 0 aliphatic heterocycles. The topological polar surface area (TPSA) is 20.3 Å². The SMILES string of the molecule is CCC(C(=O)c1ccccc1)N(C)Cc1cccc(F)c1. The van der Waals surface area contributed by atoms with Crippen molar-refractivity contribution in [2.75, 3.05) is 7.05 Å². The molecule has 0 saturated heterocycles. The van der Waals surface area contributed by atoms with Gasteiger partial charge in [0.25, 0.3) is 0 Å². The van der Waals surface area contributed by atoms with Crippen molar-refractivity contribution < 1.29 is 9.18 Å². The third-order valence-electron chi connectivity index (χ3n) is 3.60. The summed E-state index contributed by atoms with van der Waals surface area (Å²) < 4.78 is 13.2. The summed E-state index contributed by atoms with van der Waals surface area (Å²) in [5.74, 6) is -0.139. The van der Waals surface area contributed by atoms with E-state index in [2.05, 4.69) is 0 Å². The second-order valence-corrected chi connectivity index (χ2v) is 5.20. The van der Waals surface area contributed by atoms with Crippen LogP contribution in [0.3, 0.4) is 0 Å². The number of hydrogen-bond donors (Lipinski definition) is 0. The van der Waals surface area contributed by atoms with E-state index in [1.165, 1.54) is 12.1 Å². The molecule has 0 aliphatic carbocycles. The summed E-state index contributed by atoms with van der Waals surface area (Å²) in [5, 5.41) is 0. The fraction of sp³-hybridized carbons (Fsp3) is 0.278. The van der Waals surface area contributed by atoms with E-state index in [1.54, 1.807) is 6.07 Å². The van der Waals surface area contributed by atoms with Crippen molar-refractivity contribution in [1.82, 2.24) is 4.90 Å². The summed E-state index contributed by atoms with van der Waals surface area (Å²) in [6.45, 7) is 2.54. The van der Waals surface area contributed by atoms with Gasteiger partial charge < -0.3 is 0 Å². The van der Waals surface area contributed by atoms with Gasteiger partial charge in [-0.3, -0.25) is 9.69 Å². The van der Waals surface area contributed by atoms with E-state index in [0.29, 0.717) is 6.54 Å². The molecule has 110 valence electrons. The summed E-state index contributed by atoms with van der Waals surface area (Å²) in [6.07, 6.45) is 0.722. The van der Waals surface area contributed by atoms with Gasteiger partial charge in [-0.05, 0) is 31.2 Å². The zero-order valence-corrected chi connectivity index (χ0v) is 12.4. The molecule has 0 aromatic heterocycles. The average molecular weight is 285 g/mol. The largest absolute Gasteiger partial charge is 0.292 e. The minimum Gasteiger partial charge on any atom is -0.292 e. The van der Waals surface area contributed by atoms with E-state index in [-0.39, 0.29) is 17.6 Å². The maximum atomic E-state index is 13.2. The number of halogens is 1. The first kappa shape index (κ1) is 15.4. The Morgan fingerprint density at radius 2 is 1.86 bits per heavy atom. The molecule has 0 N–H and O–H groups in total. The van der Waals surface area contributed by atoms with E-state index in [4.69, 9.17) is 0 Å². The van der Waals surface area contributed by atoms with Gasteiger partial charge in [0.1, 0.15) is 5.82 Å². The van der Waals surface area contributed by atoms with Gasteiger partial charge in [0.2, 0.25) is 0 Å². The third-order valence-corrected chi connectivity index (χ3v) is 3.60. The molecule has 0 saturated carbocycles. The summed E-state index contributed by atoms with van der Waals surface area (Å²) >= 11 is 0. The predicted molar refractivity (Wildman–Crippen MR) is 82.7 cm³/mol. The highest BCUT2D eigenvalue weighted by atomic mass is 19.1. The Bertz CT molecular complexity index is 597. The van der Waals surface area contributed by atoms with Crippen LogP contribution in [-0.4, -0.2) is 23.8 Å². The number of Topliss-reactive ketones (excluding diaryl/α,β-unsaturated/α-hetero) is 1. The lowest BCUT2D eigenvalue weighted by Crippen LogP contribution is -2.37. The molecule has 0 radical (unpaired) electrons. The zero-order chi connectivity index (χ0) is 15.2. The predicted octanol–water partition coefficient (Wildman–Crippen LogP) is 3.92. The lowest BCUT2D eigenvalue weighted by atomic mass is 10.0. The summed E-state index contributed by atoms with van der Waals surface area (Å²) in [6, 6.07) is 15.6. The number of hydrogen-bond acceptors (Lipinski definition) is 2. The van der Waals surface area contributed by atoms with Crippen LogP contribution in [0.2, 0.25) is 0 Å². The highest BCUT2D eigenvalue weighted by Crippen LogP contribution is 2.14. The summed E-state index contributed by atoms with van der Waals surface area (Å²) in [7, 11) is 1.90. The Morgan fingerprint density at radius 1 is 1.14 bits per heavy atom. The first-order valence-corrected chi connectivity index (χ1v) is 7.15.